The van der Waals surface area contributed by atoms with E-state index in [9.17, 15) is 28.8 Å². The molecular formula is C27H26I4N2O9S. The van der Waals surface area contributed by atoms with E-state index in [0.29, 0.717) is 7.14 Å². The van der Waals surface area contributed by atoms with Crippen LogP contribution >= 0.6 is 102 Å². The number of thiophene rings is 1. The quantitative estimate of drug-likeness (QED) is 0.0714. The number of carbonyl (C=O) groups excluding carboxylic acids is 6. The molecule has 0 spiro atoms. The minimum atomic E-state index is -1.27. The molecule has 1 aliphatic heterocycles. The van der Waals surface area contributed by atoms with Crippen molar-refractivity contribution < 1.29 is 43.0 Å². The van der Waals surface area contributed by atoms with Crippen LogP contribution in [-0.4, -0.2) is 66.4 Å². The summed E-state index contributed by atoms with van der Waals surface area (Å²) in [5.74, 6) is -4.41. The Balaban J connectivity index is 1.85. The molecule has 0 fully saturated rings. The molecule has 2 heterocycles. The van der Waals surface area contributed by atoms with Crippen LogP contribution in [0.4, 0.5) is 5.00 Å². The first-order valence-electron chi connectivity index (χ1n) is 12.9. The SMILES string of the molecule is CCOC(=O)c1sc(NC(=O)COC(=O)C(CC(C)C)N2C(=O)c3c(I)c(I)c(I)c(I)c3C2=O)c(C(=O)OCC)c1C. The Morgan fingerprint density at radius 3 is 1.84 bits per heavy atom. The maximum atomic E-state index is 13.6. The molecule has 16 heteroatoms. The molecule has 1 atom stereocenters. The van der Waals surface area contributed by atoms with Gasteiger partial charge in [-0.05, 0) is 129 Å². The summed E-state index contributed by atoms with van der Waals surface area (Å²) in [6, 6.07) is -1.27. The van der Waals surface area contributed by atoms with Gasteiger partial charge in [-0.25, -0.2) is 14.4 Å². The number of nitrogens with one attached hydrogen (secondary N) is 1. The summed E-state index contributed by atoms with van der Waals surface area (Å²) in [7, 11) is 0. The largest absolute Gasteiger partial charge is 0.462 e. The molecule has 0 radical (unpaired) electrons. The number of nitrogens with zero attached hydrogens (tertiary/aromatic N) is 1. The van der Waals surface area contributed by atoms with Gasteiger partial charge in [-0.3, -0.25) is 19.3 Å². The van der Waals surface area contributed by atoms with Gasteiger partial charge in [-0.2, -0.15) is 0 Å². The molecule has 232 valence electrons. The number of fused-ring (bicyclic) bond motifs is 1. The van der Waals surface area contributed by atoms with Gasteiger partial charge in [0.15, 0.2) is 6.61 Å². The van der Waals surface area contributed by atoms with E-state index in [1.165, 1.54) is 6.92 Å². The highest BCUT2D eigenvalue weighted by Crippen LogP contribution is 2.39. The van der Waals surface area contributed by atoms with E-state index in [4.69, 9.17) is 14.2 Å². The predicted octanol–water partition coefficient (Wildman–Crippen LogP) is 6.02. The van der Waals surface area contributed by atoms with Gasteiger partial charge in [0, 0.05) is 14.3 Å². The van der Waals surface area contributed by atoms with E-state index in [1.54, 1.807) is 13.8 Å². The maximum absolute atomic E-state index is 13.6. The topological polar surface area (TPSA) is 145 Å². The number of carbonyl (C=O) groups is 6. The Morgan fingerprint density at radius 2 is 1.35 bits per heavy atom. The molecule has 11 nitrogen and oxygen atoms in total. The van der Waals surface area contributed by atoms with Crippen molar-refractivity contribution in [1.82, 2.24) is 4.90 Å². The molecule has 1 N–H and O–H groups in total. The van der Waals surface area contributed by atoms with Crippen LogP contribution in [0.15, 0.2) is 0 Å². The van der Waals surface area contributed by atoms with Crippen molar-refractivity contribution in [3.63, 3.8) is 0 Å². The lowest BCUT2D eigenvalue weighted by molar-refractivity contribution is -0.151. The van der Waals surface area contributed by atoms with Crippen LogP contribution in [0.3, 0.4) is 0 Å². The van der Waals surface area contributed by atoms with E-state index in [1.807, 2.05) is 59.0 Å². The van der Waals surface area contributed by atoms with Gasteiger partial charge in [0.1, 0.15) is 15.9 Å². The third kappa shape index (κ3) is 7.64. The van der Waals surface area contributed by atoms with Crippen molar-refractivity contribution in [2.45, 2.75) is 47.1 Å². The first kappa shape index (κ1) is 36.3. The molecular weight excluding hydrogens is 1040 g/mol. The number of esters is 3. The average molecular weight is 1060 g/mol. The molecule has 0 saturated carbocycles. The molecule has 43 heavy (non-hydrogen) atoms. The number of ether oxygens (including phenoxy) is 3. The molecule has 3 amide bonds. The van der Waals surface area contributed by atoms with Gasteiger partial charge in [0.25, 0.3) is 17.7 Å². The predicted molar refractivity (Wildman–Crippen MR) is 192 cm³/mol. The molecule has 2 aromatic rings. The Morgan fingerprint density at radius 1 is 0.837 bits per heavy atom. The van der Waals surface area contributed by atoms with E-state index in [2.05, 4.69) is 50.5 Å². The molecule has 0 bridgehead atoms. The second-order valence-electron chi connectivity index (χ2n) is 9.49. The molecule has 1 aliphatic rings. The average Bonchev–Trinajstić information content (AvgIpc) is 3.40. The molecule has 3 rings (SSSR count). The number of hydrogen-bond donors (Lipinski definition) is 1. The minimum absolute atomic E-state index is 0.00763. The Hall–Kier alpha value is -1.14. The number of hydrogen-bond acceptors (Lipinski definition) is 10. The third-order valence-electron chi connectivity index (χ3n) is 6.10. The normalized spacial score (nSPS) is 13.2. The highest BCUT2D eigenvalue weighted by molar-refractivity contribution is 14.1. The summed E-state index contributed by atoms with van der Waals surface area (Å²) >= 11 is 9.14. The summed E-state index contributed by atoms with van der Waals surface area (Å²) in [5, 5.41) is 2.55. The Bertz CT molecular complexity index is 1480. The highest BCUT2D eigenvalue weighted by Gasteiger charge is 2.47. The van der Waals surface area contributed by atoms with Crippen molar-refractivity contribution in [3.8, 4) is 0 Å². The van der Waals surface area contributed by atoms with Crippen LogP contribution < -0.4 is 5.32 Å². The molecule has 1 unspecified atom stereocenters. The minimum Gasteiger partial charge on any atom is -0.462 e. The van der Waals surface area contributed by atoms with Crippen molar-refractivity contribution in [2.24, 2.45) is 5.92 Å². The number of benzene rings is 1. The molecule has 0 aliphatic carbocycles. The standard InChI is InChI=1S/C27H26I4N2O9S/c1-6-40-26(38)14-11(5)21(27(39)41-7-2)43-22(14)32-13(34)9-42-25(37)12(8-10(3)4)33-23(35)15-16(24(33)36)18(29)20(31)19(30)17(15)28/h10,12H,6-9H2,1-5H3,(H,32,34). The van der Waals surface area contributed by atoms with Gasteiger partial charge in [0.05, 0.1) is 29.9 Å². The first-order valence-corrected chi connectivity index (χ1v) is 18.0. The van der Waals surface area contributed by atoms with Crippen LogP contribution in [0.1, 0.15) is 80.4 Å². The van der Waals surface area contributed by atoms with Crippen molar-refractivity contribution in [1.29, 1.82) is 0 Å². The van der Waals surface area contributed by atoms with Crippen molar-refractivity contribution >= 4 is 142 Å². The summed E-state index contributed by atoms with van der Waals surface area (Å²) in [6.45, 7) is 7.88. The summed E-state index contributed by atoms with van der Waals surface area (Å²) in [4.78, 5) is 79.5. The fourth-order valence-corrected chi connectivity index (χ4v) is 9.00. The highest BCUT2D eigenvalue weighted by atomic mass is 127. The molecule has 0 saturated heterocycles. The number of imide groups is 1. The number of anilines is 1. The van der Waals surface area contributed by atoms with Gasteiger partial charge in [-0.1, -0.05) is 13.8 Å². The Kier molecular flexibility index (Phi) is 13.0. The van der Waals surface area contributed by atoms with E-state index < -0.39 is 48.3 Å². The lowest BCUT2D eigenvalue weighted by Gasteiger charge is -2.26. The van der Waals surface area contributed by atoms with Gasteiger partial charge in [0.2, 0.25) is 0 Å². The van der Waals surface area contributed by atoms with Gasteiger partial charge in [-0.15, -0.1) is 11.3 Å². The van der Waals surface area contributed by atoms with E-state index in [-0.39, 0.29) is 57.7 Å². The zero-order chi connectivity index (χ0) is 32.3. The third-order valence-corrected chi connectivity index (χ3v) is 14.7. The van der Waals surface area contributed by atoms with Crippen LogP contribution in [0.2, 0.25) is 0 Å². The lowest BCUT2D eigenvalue weighted by atomic mass is 10.0. The van der Waals surface area contributed by atoms with Crippen LogP contribution in [0.25, 0.3) is 0 Å². The van der Waals surface area contributed by atoms with Crippen LogP contribution in [0, 0.1) is 27.1 Å². The van der Waals surface area contributed by atoms with Crippen LogP contribution in [-0.2, 0) is 23.8 Å². The fraction of sp³-hybridized carbons (Fsp3) is 0.407. The fourth-order valence-electron chi connectivity index (χ4n) is 4.24. The van der Waals surface area contributed by atoms with E-state index >= 15 is 0 Å². The van der Waals surface area contributed by atoms with Crippen LogP contribution in [0.5, 0.6) is 0 Å². The number of rotatable bonds is 11. The zero-order valence-electron chi connectivity index (χ0n) is 23.5. The first-order chi connectivity index (χ1) is 20.2. The van der Waals surface area contributed by atoms with Crippen molar-refractivity contribution in [2.75, 3.05) is 25.1 Å². The van der Waals surface area contributed by atoms with Gasteiger partial charge < -0.3 is 19.5 Å². The Labute approximate surface area is 306 Å². The summed E-state index contributed by atoms with van der Waals surface area (Å²) in [6.07, 6.45) is 0.118. The van der Waals surface area contributed by atoms with Gasteiger partial charge >= 0.3 is 17.9 Å². The smallest absolute Gasteiger partial charge is 0.348 e. The maximum Gasteiger partial charge on any atom is 0.348 e. The molecule has 1 aromatic heterocycles. The molecule has 1 aromatic carbocycles. The number of amides is 3. The summed E-state index contributed by atoms with van der Waals surface area (Å²) < 4.78 is 18.4. The van der Waals surface area contributed by atoms with E-state index in [0.717, 1.165) is 23.4 Å². The zero-order valence-corrected chi connectivity index (χ0v) is 33.0. The monoisotopic (exact) mass is 1060 g/mol. The number of halogens is 4. The van der Waals surface area contributed by atoms with Crippen molar-refractivity contribution in [3.05, 3.63) is 41.4 Å². The summed E-state index contributed by atoms with van der Waals surface area (Å²) in [5.41, 5.74) is 0.768. The second kappa shape index (κ2) is 15.4. The second-order valence-corrected chi connectivity index (χ2v) is 14.8. The lowest BCUT2D eigenvalue weighted by Crippen LogP contribution is -2.47.